The van der Waals surface area contributed by atoms with E-state index in [2.05, 4.69) is 9.80 Å². The fourth-order valence-electron chi connectivity index (χ4n) is 3.92. The molecule has 3 N–H and O–H groups in total. The number of nitrogen functional groups attached to an aromatic ring is 1. The van der Waals surface area contributed by atoms with Gasteiger partial charge in [-0.15, -0.1) is 0 Å². The molecule has 0 saturated carbocycles. The van der Waals surface area contributed by atoms with E-state index in [9.17, 15) is 5.11 Å². The van der Waals surface area contributed by atoms with Crippen molar-refractivity contribution >= 4 is 5.69 Å². The van der Waals surface area contributed by atoms with Gasteiger partial charge >= 0.3 is 0 Å². The van der Waals surface area contributed by atoms with E-state index >= 15 is 0 Å². The minimum Gasteiger partial charge on any atom is -0.507 e. The minimum absolute atomic E-state index is 0.479. The molecule has 0 amide bonds. The van der Waals surface area contributed by atoms with Gasteiger partial charge in [-0.05, 0) is 70.4 Å². The van der Waals surface area contributed by atoms with E-state index in [1.807, 2.05) is 13.0 Å². The lowest BCUT2D eigenvalue weighted by molar-refractivity contribution is 0.212. The van der Waals surface area contributed by atoms with E-state index in [4.69, 9.17) is 5.73 Å². The van der Waals surface area contributed by atoms with Crippen molar-refractivity contribution in [3.63, 3.8) is 0 Å². The summed E-state index contributed by atoms with van der Waals surface area (Å²) >= 11 is 0. The Morgan fingerprint density at radius 3 is 2.00 bits per heavy atom. The summed E-state index contributed by atoms with van der Waals surface area (Å²) < 4.78 is 0. The lowest BCUT2D eigenvalue weighted by atomic mass is 9.98. The topological polar surface area (TPSA) is 52.7 Å². The fraction of sp³-hybridized carbons (Fsp3) is 0.684. The Hall–Kier alpha value is -1.26. The molecule has 0 aromatic heterocycles. The van der Waals surface area contributed by atoms with Crippen molar-refractivity contribution in [1.29, 1.82) is 0 Å². The van der Waals surface area contributed by atoms with Crippen LogP contribution in [0.25, 0.3) is 0 Å². The van der Waals surface area contributed by atoms with Crippen LogP contribution < -0.4 is 5.73 Å². The highest BCUT2D eigenvalue weighted by Gasteiger charge is 2.20. The van der Waals surface area contributed by atoms with Crippen LogP contribution in [0, 0.1) is 6.92 Å². The molecule has 0 radical (unpaired) electrons. The second-order valence-electron chi connectivity index (χ2n) is 7.25. The first-order chi connectivity index (χ1) is 11.1. The zero-order chi connectivity index (χ0) is 16.2. The van der Waals surface area contributed by atoms with Gasteiger partial charge in [-0.3, -0.25) is 9.80 Å². The van der Waals surface area contributed by atoms with Crippen LogP contribution in [0.15, 0.2) is 6.07 Å². The predicted molar refractivity (Wildman–Crippen MR) is 95.5 cm³/mol. The van der Waals surface area contributed by atoms with Gasteiger partial charge in [0.2, 0.25) is 0 Å². The summed E-state index contributed by atoms with van der Waals surface area (Å²) in [5.41, 5.74) is 10.2. The number of anilines is 1. The molecule has 128 valence electrons. The van der Waals surface area contributed by atoms with Crippen molar-refractivity contribution in [2.75, 3.05) is 31.9 Å². The van der Waals surface area contributed by atoms with Crippen molar-refractivity contribution in [2.45, 2.75) is 58.5 Å². The van der Waals surface area contributed by atoms with Crippen LogP contribution in [0.4, 0.5) is 5.69 Å². The third-order valence-electron chi connectivity index (χ3n) is 5.48. The molecule has 2 saturated heterocycles. The Balaban J connectivity index is 1.79. The number of aromatic hydroxyl groups is 1. The monoisotopic (exact) mass is 317 g/mol. The molecular weight excluding hydrogens is 286 g/mol. The highest BCUT2D eigenvalue weighted by atomic mass is 16.3. The van der Waals surface area contributed by atoms with Gasteiger partial charge in [-0.1, -0.05) is 12.8 Å². The van der Waals surface area contributed by atoms with Gasteiger partial charge in [0.15, 0.2) is 0 Å². The van der Waals surface area contributed by atoms with Gasteiger partial charge in [0, 0.05) is 29.9 Å². The number of piperidine rings is 2. The van der Waals surface area contributed by atoms with Crippen LogP contribution in [0.3, 0.4) is 0 Å². The smallest absolute Gasteiger partial charge is 0.124 e. The van der Waals surface area contributed by atoms with Crippen molar-refractivity contribution in [2.24, 2.45) is 0 Å². The van der Waals surface area contributed by atoms with Crippen molar-refractivity contribution < 1.29 is 5.11 Å². The SMILES string of the molecule is Cc1c(N)cc(CN2CCCCC2)c(O)c1CN1CCCCC1. The number of benzene rings is 1. The quantitative estimate of drug-likeness (QED) is 0.661. The highest BCUT2D eigenvalue weighted by molar-refractivity contribution is 5.59. The van der Waals surface area contributed by atoms with Crippen LogP contribution in [-0.4, -0.2) is 41.1 Å². The van der Waals surface area contributed by atoms with Gasteiger partial charge in [0.25, 0.3) is 0 Å². The highest BCUT2D eigenvalue weighted by Crippen LogP contribution is 2.33. The molecule has 23 heavy (non-hydrogen) atoms. The number of phenols is 1. The molecule has 2 aliphatic heterocycles. The second kappa shape index (κ2) is 7.54. The number of nitrogens with zero attached hydrogens (tertiary/aromatic N) is 2. The molecule has 4 nitrogen and oxygen atoms in total. The Morgan fingerprint density at radius 1 is 0.913 bits per heavy atom. The average molecular weight is 317 g/mol. The molecule has 1 aromatic rings. The van der Waals surface area contributed by atoms with E-state index in [0.717, 1.165) is 61.6 Å². The molecule has 3 rings (SSSR count). The Kier molecular flexibility index (Phi) is 5.44. The summed E-state index contributed by atoms with van der Waals surface area (Å²) in [5, 5.41) is 10.8. The van der Waals surface area contributed by atoms with E-state index in [0.29, 0.717) is 5.75 Å². The molecule has 1 aromatic carbocycles. The number of phenolic OH excluding ortho intramolecular Hbond substituents is 1. The maximum atomic E-state index is 10.8. The Labute approximate surface area is 140 Å². The van der Waals surface area contributed by atoms with Crippen LogP contribution in [0.1, 0.15) is 55.2 Å². The molecule has 2 fully saturated rings. The van der Waals surface area contributed by atoms with Gasteiger partial charge in [0.05, 0.1) is 0 Å². The molecular formula is C19H31N3O. The summed E-state index contributed by atoms with van der Waals surface area (Å²) in [6.45, 7) is 8.23. The second-order valence-corrected chi connectivity index (χ2v) is 7.25. The van der Waals surface area contributed by atoms with Gasteiger partial charge in [-0.2, -0.15) is 0 Å². The molecule has 0 aliphatic carbocycles. The van der Waals surface area contributed by atoms with Crippen molar-refractivity contribution in [3.05, 3.63) is 22.8 Å². The van der Waals surface area contributed by atoms with Crippen LogP contribution in [-0.2, 0) is 13.1 Å². The molecule has 4 heteroatoms. The molecule has 0 atom stereocenters. The zero-order valence-electron chi connectivity index (χ0n) is 14.5. The maximum absolute atomic E-state index is 10.8. The van der Waals surface area contributed by atoms with Crippen LogP contribution in [0.2, 0.25) is 0 Å². The standard InChI is InChI=1S/C19H31N3O/c1-15-17(14-22-10-6-3-7-11-22)19(23)16(12-18(15)20)13-21-8-4-2-5-9-21/h12,23H,2-11,13-14,20H2,1H3. The first-order valence-electron chi connectivity index (χ1n) is 9.19. The third-order valence-corrected chi connectivity index (χ3v) is 5.48. The summed E-state index contributed by atoms with van der Waals surface area (Å²) in [6.07, 6.45) is 7.73. The molecule has 0 spiro atoms. The third kappa shape index (κ3) is 3.99. The first-order valence-corrected chi connectivity index (χ1v) is 9.19. The normalized spacial score (nSPS) is 20.7. The van der Waals surface area contributed by atoms with E-state index in [1.165, 1.54) is 38.5 Å². The summed E-state index contributed by atoms with van der Waals surface area (Å²) in [4.78, 5) is 4.90. The van der Waals surface area contributed by atoms with Gasteiger partial charge in [-0.25, -0.2) is 0 Å². The molecule has 0 unspecified atom stereocenters. The van der Waals surface area contributed by atoms with Gasteiger partial charge in [0.1, 0.15) is 5.75 Å². The van der Waals surface area contributed by atoms with Crippen molar-refractivity contribution in [1.82, 2.24) is 9.80 Å². The number of nitrogens with two attached hydrogens (primary N) is 1. The van der Waals surface area contributed by atoms with E-state index in [-0.39, 0.29) is 0 Å². The van der Waals surface area contributed by atoms with Crippen LogP contribution >= 0.6 is 0 Å². The largest absolute Gasteiger partial charge is 0.507 e. The van der Waals surface area contributed by atoms with Gasteiger partial charge < -0.3 is 10.8 Å². The fourth-order valence-corrected chi connectivity index (χ4v) is 3.92. The lowest BCUT2D eigenvalue weighted by Gasteiger charge is -2.30. The number of rotatable bonds is 4. The zero-order valence-corrected chi connectivity index (χ0v) is 14.5. The number of hydrogen-bond acceptors (Lipinski definition) is 4. The molecule has 0 bridgehead atoms. The first kappa shape index (κ1) is 16.6. The summed E-state index contributed by atoms with van der Waals surface area (Å²) in [6, 6.07) is 1.99. The number of likely N-dealkylation sites (tertiary alicyclic amines) is 2. The molecule has 2 aliphatic rings. The summed E-state index contributed by atoms with van der Waals surface area (Å²) in [7, 11) is 0. The van der Waals surface area contributed by atoms with Crippen LogP contribution in [0.5, 0.6) is 5.75 Å². The summed E-state index contributed by atoms with van der Waals surface area (Å²) in [5.74, 6) is 0.479. The predicted octanol–water partition coefficient (Wildman–Crippen LogP) is 3.25. The number of hydrogen-bond donors (Lipinski definition) is 2. The van der Waals surface area contributed by atoms with Crippen molar-refractivity contribution in [3.8, 4) is 5.75 Å². The Bertz CT molecular complexity index is 532. The maximum Gasteiger partial charge on any atom is 0.124 e. The minimum atomic E-state index is 0.479. The lowest BCUT2D eigenvalue weighted by Crippen LogP contribution is -2.30. The van der Waals surface area contributed by atoms with E-state index < -0.39 is 0 Å². The van der Waals surface area contributed by atoms with E-state index in [1.54, 1.807) is 0 Å². The average Bonchev–Trinajstić information content (AvgIpc) is 2.58. The Morgan fingerprint density at radius 2 is 1.43 bits per heavy atom. The molecule has 2 heterocycles.